The van der Waals surface area contributed by atoms with Crippen LogP contribution in [-0.4, -0.2) is 51.5 Å². The van der Waals surface area contributed by atoms with Crippen molar-refractivity contribution >= 4 is 18.3 Å². The molecule has 25 heavy (non-hydrogen) atoms. The van der Waals surface area contributed by atoms with Gasteiger partial charge in [-0.05, 0) is 37.6 Å². The fourth-order valence-corrected chi connectivity index (χ4v) is 2.83. The Hall–Kier alpha value is -1.28. The van der Waals surface area contributed by atoms with E-state index in [1.165, 1.54) is 6.07 Å². The van der Waals surface area contributed by atoms with Crippen molar-refractivity contribution in [1.29, 1.82) is 0 Å². The Labute approximate surface area is 152 Å². The number of hydrogen-bond acceptors (Lipinski definition) is 4. The smallest absolute Gasteiger partial charge is 0.246 e. The standard InChI is InChI=1S/C17H24F2N2O3.ClH/c1-2-23-7-8-24-11-17(22)21-16-10-20-6-5-13(16)12-3-4-14(18)15(19)9-12;/h3-4,9,13,16,20H,2,5-8,10-11H2,1H3,(H,21,22);1H. The number of benzene rings is 1. The van der Waals surface area contributed by atoms with Crippen LogP contribution < -0.4 is 10.6 Å². The number of rotatable bonds is 8. The number of halogens is 3. The molecule has 2 unspecified atom stereocenters. The maximum absolute atomic E-state index is 13.5. The summed E-state index contributed by atoms with van der Waals surface area (Å²) in [7, 11) is 0. The van der Waals surface area contributed by atoms with Crippen molar-refractivity contribution in [2.24, 2.45) is 0 Å². The predicted molar refractivity (Wildman–Crippen MR) is 93.1 cm³/mol. The molecule has 1 aliphatic rings. The molecule has 1 saturated heterocycles. The van der Waals surface area contributed by atoms with Crippen molar-refractivity contribution in [3.63, 3.8) is 0 Å². The van der Waals surface area contributed by atoms with Crippen molar-refractivity contribution in [2.75, 3.05) is 39.5 Å². The summed E-state index contributed by atoms with van der Waals surface area (Å²) in [6.07, 6.45) is 0.737. The fraction of sp³-hybridized carbons (Fsp3) is 0.588. The van der Waals surface area contributed by atoms with Gasteiger partial charge in [-0.25, -0.2) is 8.78 Å². The van der Waals surface area contributed by atoms with Gasteiger partial charge in [0.05, 0.1) is 13.2 Å². The second-order valence-electron chi connectivity index (χ2n) is 5.70. The Balaban J connectivity index is 0.00000312. The highest BCUT2D eigenvalue weighted by Crippen LogP contribution is 2.26. The maximum atomic E-state index is 13.5. The lowest BCUT2D eigenvalue weighted by molar-refractivity contribution is -0.127. The highest BCUT2D eigenvalue weighted by atomic mass is 35.5. The molecule has 2 N–H and O–H groups in total. The summed E-state index contributed by atoms with van der Waals surface area (Å²) in [6.45, 7) is 4.60. The number of carbonyl (C=O) groups is 1. The summed E-state index contributed by atoms with van der Waals surface area (Å²) in [4.78, 5) is 12.0. The quantitative estimate of drug-likeness (QED) is 0.679. The van der Waals surface area contributed by atoms with Crippen LogP contribution in [0.15, 0.2) is 18.2 Å². The van der Waals surface area contributed by atoms with Crippen molar-refractivity contribution in [3.05, 3.63) is 35.4 Å². The van der Waals surface area contributed by atoms with Gasteiger partial charge in [-0.1, -0.05) is 6.07 Å². The van der Waals surface area contributed by atoms with Crippen LogP contribution in [0.25, 0.3) is 0 Å². The summed E-state index contributed by atoms with van der Waals surface area (Å²) in [5, 5.41) is 6.12. The van der Waals surface area contributed by atoms with Crippen LogP contribution in [-0.2, 0) is 14.3 Å². The number of amides is 1. The molecule has 1 fully saturated rings. The predicted octanol–water partition coefficient (Wildman–Crippen LogP) is 2.00. The van der Waals surface area contributed by atoms with Crippen LogP contribution in [0.3, 0.4) is 0 Å². The van der Waals surface area contributed by atoms with E-state index in [9.17, 15) is 13.6 Å². The van der Waals surface area contributed by atoms with Crippen molar-refractivity contribution < 1.29 is 23.0 Å². The van der Waals surface area contributed by atoms with Gasteiger partial charge in [-0.3, -0.25) is 4.79 Å². The van der Waals surface area contributed by atoms with Gasteiger partial charge in [0.25, 0.3) is 0 Å². The van der Waals surface area contributed by atoms with Crippen molar-refractivity contribution in [3.8, 4) is 0 Å². The molecule has 1 amide bonds. The van der Waals surface area contributed by atoms with E-state index in [0.29, 0.717) is 31.9 Å². The molecule has 1 aromatic carbocycles. The molecule has 0 radical (unpaired) electrons. The molecule has 1 aliphatic heterocycles. The molecule has 8 heteroatoms. The topological polar surface area (TPSA) is 59.6 Å². The van der Waals surface area contributed by atoms with Crippen LogP contribution in [0.1, 0.15) is 24.8 Å². The molecule has 0 aliphatic carbocycles. The number of nitrogens with one attached hydrogen (secondary N) is 2. The molecular weight excluding hydrogens is 354 g/mol. The molecule has 0 aromatic heterocycles. The van der Waals surface area contributed by atoms with Gasteiger partial charge in [-0.2, -0.15) is 0 Å². The minimum Gasteiger partial charge on any atom is -0.379 e. The lowest BCUT2D eigenvalue weighted by atomic mass is 9.86. The monoisotopic (exact) mass is 378 g/mol. The van der Waals surface area contributed by atoms with Crippen LogP contribution in [0.2, 0.25) is 0 Å². The normalized spacial score (nSPS) is 20.0. The third kappa shape index (κ3) is 6.86. The van der Waals surface area contributed by atoms with E-state index in [1.54, 1.807) is 6.07 Å². The largest absolute Gasteiger partial charge is 0.379 e. The zero-order valence-electron chi connectivity index (χ0n) is 14.2. The van der Waals surface area contributed by atoms with Gasteiger partial charge in [-0.15, -0.1) is 12.4 Å². The van der Waals surface area contributed by atoms with Crippen LogP contribution in [0.5, 0.6) is 0 Å². The Kier molecular flexibility index (Phi) is 9.89. The summed E-state index contributed by atoms with van der Waals surface area (Å²) in [5.41, 5.74) is 0.693. The first-order chi connectivity index (χ1) is 11.6. The van der Waals surface area contributed by atoms with Crippen LogP contribution in [0.4, 0.5) is 8.78 Å². The van der Waals surface area contributed by atoms with Gasteiger partial charge in [0.1, 0.15) is 6.61 Å². The lowest BCUT2D eigenvalue weighted by Crippen LogP contribution is -2.50. The minimum absolute atomic E-state index is 0. The first-order valence-electron chi connectivity index (χ1n) is 8.22. The molecule has 1 heterocycles. The Morgan fingerprint density at radius 3 is 2.76 bits per heavy atom. The fourth-order valence-electron chi connectivity index (χ4n) is 2.83. The highest BCUT2D eigenvalue weighted by molar-refractivity contribution is 5.85. The van der Waals surface area contributed by atoms with E-state index in [0.717, 1.165) is 19.0 Å². The molecule has 2 atom stereocenters. The Bertz CT molecular complexity index is 549. The van der Waals surface area contributed by atoms with Gasteiger partial charge in [0, 0.05) is 25.1 Å². The zero-order chi connectivity index (χ0) is 17.4. The summed E-state index contributed by atoms with van der Waals surface area (Å²) < 4.78 is 37.0. The van der Waals surface area contributed by atoms with Gasteiger partial charge in [0.2, 0.25) is 5.91 Å². The molecule has 0 saturated carbocycles. The zero-order valence-corrected chi connectivity index (χ0v) is 15.0. The van der Waals surface area contributed by atoms with E-state index >= 15 is 0 Å². The van der Waals surface area contributed by atoms with Crippen molar-refractivity contribution in [2.45, 2.75) is 25.3 Å². The van der Waals surface area contributed by atoms with Gasteiger partial charge in [0.15, 0.2) is 11.6 Å². The summed E-state index contributed by atoms with van der Waals surface area (Å²) >= 11 is 0. The molecule has 0 bridgehead atoms. The molecule has 2 rings (SSSR count). The van der Waals surface area contributed by atoms with E-state index in [2.05, 4.69) is 10.6 Å². The second-order valence-corrected chi connectivity index (χ2v) is 5.70. The molecule has 142 valence electrons. The number of ether oxygens (including phenoxy) is 2. The summed E-state index contributed by atoms with van der Waals surface area (Å²) in [6, 6.07) is 3.73. The van der Waals surface area contributed by atoms with Crippen LogP contribution in [0, 0.1) is 11.6 Å². The van der Waals surface area contributed by atoms with E-state index in [-0.39, 0.29) is 36.9 Å². The minimum atomic E-state index is -0.865. The number of hydrogen-bond donors (Lipinski definition) is 2. The highest BCUT2D eigenvalue weighted by Gasteiger charge is 2.28. The van der Waals surface area contributed by atoms with Crippen LogP contribution >= 0.6 is 12.4 Å². The maximum Gasteiger partial charge on any atom is 0.246 e. The summed E-state index contributed by atoms with van der Waals surface area (Å²) in [5.74, 6) is -2.02. The van der Waals surface area contributed by atoms with E-state index < -0.39 is 11.6 Å². The lowest BCUT2D eigenvalue weighted by Gasteiger charge is -2.33. The number of carbonyl (C=O) groups excluding carboxylic acids is 1. The third-order valence-corrected chi connectivity index (χ3v) is 4.01. The molecule has 0 spiro atoms. The second kappa shape index (κ2) is 11.4. The average Bonchev–Trinajstić information content (AvgIpc) is 2.58. The van der Waals surface area contributed by atoms with Gasteiger partial charge >= 0.3 is 0 Å². The van der Waals surface area contributed by atoms with Gasteiger partial charge < -0.3 is 20.1 Å². The van der Waals surface area contributed by atoms with Crippen molar-refractivity contribution in [1.82, 2.24) is 10.6 Å². The first kappa shape index (κ1) is 21.8. The molecule has 1 aromatic rings. The van der Waals surface area contributed by atoms with E-state index in [1.807, 2.05) is 6.92 Å². The van der Waals surface area contributed by atoms with E-state index in [4.69, 9.17) is 9.47 Å². The Morgan fingerprint density at radius 2 is 2.04 bits per heavy atom. The number of piperidine rings is 1. The molecular formula is C17H25ClF2N2O3. The average molecular weight is 379 g/mol. The molecule has 5 nitrogen and oxygen atoms in total. The first-order valence-corrected chi connectivity index (χ1v) is 8.22. The third-order valence-electron chi connectivity index (χ3n) is 4.01. The SMILES string of the molecule is CCOCCOCC(=O)NC1CNCCC1c1ccc(F)c(F)c1.Cl. The Morgan fingerprint density at radius 1 is 1.28 bits per heavy atom.